The van der Waals surface area contributed by atoms with Crippen LogP contribution in [0.25, 0.3) is 0 Å². The molecule has 0 radical (unpaired) electrons. The van der Waals surface area contributed by atoms with Crippen molar-refractivity contribution < 1.29 is 9.59 Å². The molecule has 0 aliphatic carbocycles. The monoisotopic (exact) mass is 305 g/mol. The molecule has 0 aliphatic heterocycles. The number of hydrogen-bond acceptors (Lipinski definition) is 3. The van der Waals surface area contributed by atoms with Crippen LogP contribution in [0.2, 0.25) is 10.0 Å². The Morgan fingerprint density at radius 2 is 1.94 bits per heavy atom. The molecule has 5 nitrogen and oxygen atoms in total. The molecule has 2 amide bonds. The van der Waals surface area contributed by atoms with E-state index in [0.717, 1.165) is 0 Å². The van der Waals surface area contributed by atoms with Crippen molar-refractivity contribution in [2.75, 3.05) is 11.9 Å². The van der Waals surface area contributed by atoms with Crippen LogP contribution in [0.15, 0.2) is 18.2 Å². The molecule has 1 aromatic rings. The molecule has 0 unspecified atom stereocenters. The van der Waals surface area contributed by atoms with Crippen LogP contribution in [0.1, 0.15) is 0 Å². The van der Waals surface area contributed by atoms with Crippen LogP contribution in [-0.4, -0.2) is 23.3 Å². The first-order chi connectivity index (χ1) is 8.40. The number of benzene rings is 1. The third-order valence-electron chi connectivity index (χ3n) is 1.81. The maximum absolute atomic E-state index is 11.5. The topological polar surface area (TPSA) is 84.2 Å². The Labute approximate surface area is 119 Å². The minimum atomic E-state index is -0.865. The molecule has 0 saturated heterocycles. The second kappa shape index (κ2) is 6.53. The normalized spacial score (nSPS) is 9.67. The van der Waals surface area contributed by atoms with Gasteiger partial charge in [-0.3, -0.25) is 9.59 Å². The van der Waals surface area contributed by atoms with E-state index in [2.05, 4.69) is 22.9 Å². The minimum Gasteiger partial charge on any atom is -0.392 e. The fourth-order valence-corrected chi connectivity index (χ4v) is 1.55. The summed E-state index contributed by atoms with van der Waals surface area (Å²) < 4.78 is 0. The number of anilines is 1. The smallest absolute Gasteiger partial charge is 0.313 e. The van der Waals surface area contributed by atoms with Gasteiger partial charge in [-0.15, -0.1) is 0 Å². The molecule has 18 heavy (non-hydrogen) atoms. The summed E-state index contributed by atoms with van der Waals surface area (Å²) in [6.45, 7) is -0.0457. The molecule has 0 aliphatic rings. The van der Waals surface area contributed by atoms with Crippen LogP contribution in [-0.2, 0) is 9.59 Å². The molecule has 0 heterocycles. The number of amides is 2. The highest BCUT2D eigenvalue weighted by molar-refractivity contribution is 7.80. The molecular weight excluding hydrogens is 297 g/mol. The Morgan fingerprint density at radius 3 is 2.50 bits per heavy atom. The fraction of sp³-hybridized carbons (Fsp3) is 0.100. The van der Waals surface area contributed by atoms with Gasteiger partial charge in [-0.05, 0) is 18.2 Å². The second-order valence-electron chi connectivity index (χ2n) is 3.23. The highest BCUT2D eigenvalue weighted by atomic mass is 35.5. The van der Waals surface area contributed by atoms with Gasteiger partial charge in [-0.2, -0.15) is 0 Å². The van der Waals surface area contributed by atoms with E-state index in [1.807, 2.05) is 0 Å². The Hall–Kier alpha value is -1.37. The zero-order valence-corrected chi connectivity index (χ0v) is 11.3. The first-order valence-corrected chi connectivity index (χ1v) is 5.89. The van der Waals surface area contributed by atoms with Crippen LogP contribution < -0.4 is 16.4 Å². The summed E-state index contributed by atoms with van der Waals surface area (Å²) in [6.07, 6.45) is 0. The van der Waals surface area contributed by atoms with Gasteiger partial charge in [0.15, 0.2) is 0 Å². The SMILES string of the molecule is NC(=S)CNC(=O)C(=O)Nc1ccc(Cl)cc1Cl. The zero-order chi connectivity index (χ0) is 13.7. The van der Waals surface area contributed by atoms with E-state index in [1.165, 1.54) is 18.2 Å². The van der Waals surface area contributed by atoms with Crippen molar-refractivity contribution in [1.82, 2.24) is 5.32 Å². The summed E-state index contributed by atoms with van der Waals surface area (Å²) in [4.78, 5) is 22.9. The van der Waals surface area contributed by atoms with Crippen molar-refractivity contribution >= 4 is 57.9 Å². The highest BCUT2D eigenvalue weighted by Crippen LogP contribution is 2.25. The van der Waals surface area contributed by atoms with Gasteiger partial charge < -0.3 is 16.4 Å². The summed E-state index contributed by atoms with van der Waals surface area (Å²) in [5.74, 6) is -1.72. The van der Waals surface area contributed by atoms with Crippen molar-refractivity contribution in [3.8, 4) is 0 Å². The van der Waals surface area contributed by atoms with Crippen LogP contribution in [0.5, 0.6) is 0 Å². The Bertz CT molecular complexity index is 508. The molecule has 1 rings (SSSR count). The average molecular weight is 306 g/mol. The van der Waals surface area contributed by atoms with E-state index >= 15 is 0 Å². The molecule has 0 fully saturated rings. The molecular formula is C10H9Cl2N3O2S. The fourth-order valence-electron chi connectivity index (χ4n) is 1.02. The summed E-state index contributed by atoms with van der Waals surface area (Å²) in [5, 5.41) is 5.24. The van der Waals surface area contributed by atoms with E-state index in [9.17, 15) is 9.59 Å². The number of thiocarbonyl (C=S) groups is 1. The highest BCUT2D eigenvalue weighted by Gasteiger charge is 2.14. The van der Waals surface area contributed by atoms with Gasteiger partial charge in [-0.25, -0.2) is 0 Å². The van der Waals surface area contributed by atoms with Gasteiger partial charge >= 0.3 is 11.8 Å². The van der Waals surface area contributed by atoms with Gasteiger partial charge in [0.05, 0.1) is 22.2 Å². The molecule has 4 N–H and O–H groups in total. The number of rotatable bonds is 3. The van der Waals surface area contributed by atoms with Gasteiger partial charge in [-0.1, -0.05) is 35.4 Å². The lowest BCUT2D eigenvalue weighted by Gasteiger charge is -2.07. The summed E-state index contributed by atoms with van der Waals surface area (Å²) in [7, 11) is 0. The Morgan fingerprint density at radius 1 is 1.28 bits per heavy atom. The van der Waals surface area contributed by atoms with E-state index in [1.54, 1.807) is 0 Å². The average Bonchev–Trinajstić information content (AvgIpc) is 2.29. The van der Waals surface area contributed by atoms with Gasteiger partial charge in [0.2, 0.25) is 0 Å². The van der Waals surface area contributed by atoms with Crippen LogP contribution >= 0.6 is 35.4 Å². The third kappa shape index (κ3) is 4.48. The Kier molecular flexibility index (Phi) is 5.33. The van der Waals surface area contributed by atoms with Crippen molar-refractivity contribution in [3.05, 3.63) is 28.2 Å². The Balaban J connectivity index is 2.64. The lowest BCUT2D eigenvalue weighted by Crippen LogP contribution is -2.39. The number of carbonyl (C=O) groups is 2. The molecule has 8 heteroatoms. The molecule has 96 valence electrons. The van der Waals surface area contributed by atoms with Crippen molar-refractivity contribution in [2.45, 2.75) is 0 Å². The maximum atomic E-state index is 11.5. The van der Waals surface area contributed by atoms with Gasteiger partial charge in [0, 0.05) is 5.02 Å². The molecule has 0 bridgehead atoms. The predicted molar refractivity (Wildman–Crippen MR) is 74.9 cm³/mol. The van der Waals surface area contributed by atoms with Crippen LogP contribution in [0.3, 0.4) is 0 Å². The molecule has 0 spiro atoms. The number of carbonyl (C=O) groups excluding carboxylic acids is 2. The first kappa shape index (κ1) is 14.7. The van der Waals surface area contributed by atoms with Crippen LogP contribution in [0, 0.1) is 0 Å². The molecule has 0 saturated carbocycles. The van der Waals surface area contributed by atoms with Crippen LogP contribution in [0.4, 0.5) is 5.69 Å². The zero-order valence-electron chi connectivity index (χ0n) is 9.00. The number of halogens is 2. The standard InChI is InChI=1S/C10H9Cl2N3O2S/c11-5-1-2-7(6(12)3-5)15-10(17)9(16)14-4-8(13)18/h1-3H,4H2,(H2,13,18)(H,14,16)(H,15,17). The summed E-state index contributed by atoms with van der Waals surface area (Å²) in [5.41, 5.74) is 5.47. The summed E-state index contributed by atoms with van der Waals surface area (Å²) >= 11 is 16.1. The van der Waals surface area contributed by atoms with E-state index < -0.39 is 11.8 Å². The number of hydrogen-bond donors (Lipinski definition) is 3. The van der Waals surface area contributed by atoms with Gasteiger partial charge in [0.1, 0.15) is 0 Å². The second-order valence-corrected chi connectivity index (χ2v) is 4.60. The molecule has 0 aromatic heterocycles. The number of nitrogens with one attached hydrogen (secondary N) is 2. The maximum Gasteiger partial charge on any atom is 0.313 e. The third-order valence-corrected chi connectivity index (χ3v) is 2.50. The van der Waals surface area contributed by atoms with Gasteiger partial charge in [0.25, 0.3) is 0 Å². The lowest BCUT2D eigenvalue weighted by atomic mass is 10.3. The van der Waals surface area contributed by atoms with E-state index in [0.29, 0.717) is 5.02 Å². The van der Waals surface area contributed by atoms with E-state index in [-0.39, 0.29) is 22.2 Å². The lowest BCUT2D eigenvalue weighted by molar-refractivity contribution is -0.135. The molecule has 0 atom stereocenters. The quantitative estimate of drug-likeness (QED) is 0.581. The van der Waals surface area contributed by atoms with Crippen molar-refractivity contribution in [1.29, 1.82) is 0 Å². The van der Waals surface area contributed by atoms with Crippen molar-refractivity contribution in [2.24, 2.45) is 5.73 Å². The largest absolute Gasteiger partial charge is 0.392 e. The number of nitrogens with two attached hydrogens (primary N) is 1. The van der Waals surface area contributed by atoms with Crippen molar-refractivity contribution in [3.63, 3.8) is 0 Å². The predicted octanol–water partition coefficient (Wildman–Crippen LogP) is 1.33. The summed E-state index contributed by atoms with van der Waals surface area (Å²) in [6, 6.07) is 4.48. The van der Waals surface area contributed by atoms with E-state index in [4.69, 9.17) is 28.9 Å². The molecule has 1 aromatic carbocycles. The first-order valence-electron chi connectivity index (χ1n) is 4.72. The minimum absolute atomic E-state index is 0.0457.